The number of hydrogen-bond acceptors (Lipinski definition) is 5. The molecular weight excluding hydrogens is 296 g/mol. The van der Waals surface area contributed by atoms with Crippen LogP contribution in [0.4, 0.5) is 5.69 Å². The van der Waals surface area contributed by atoms with Gasteiger partial charge in [0.05, 0.1) is 32.6 Å². The summed E-state index contributed by atoms with van der Waals surface area (Å²) in [5, 5.41) is 20.3. The molecule has 0 aliphatic heterocycles. The van der Waals surface area contributed by atoms with Crippen LogP contribution in [0.2, 0.25) is 0 Å². The first-order valence-corrected chi connectivity index (χ1v) is 8.36. The number of aryl methyl sites for hydroxylation is 1. The zero-order chi connectivity index (χ0) is 15.1. The molecule has 0 unspecified atom stereocenters. The van der Waals surface area contributed by atoms with E-state index in [1.807, 2.05) is 13.0 Å². The summed E-state index contributed by atoms with van der Waals surface area (Å²) in [5.41, 5.74) is 4.15. The number of hydrogen-bond donors (Lipinski definition) is 3. The summed E-state index contributed by atoms with van der Waals surface area (Å²) in [4.78, 5) is 5.78. The Labute approximate surface area is 132 Å². The Balaban J connectivity index is 1.73. The summed E-state index contributed by atoms with van der Waals surface area (Å²) in [7, 11) is 0. The van der Waals surface area contributed by atoms with E-state index >= 15 is 0 Å². The molecule has 114 valence electrons. The summed E-state index contributed by atoms with van der Waals surface area (Å²) in [5.74, 6) is 0. The van der Waals surface area contributed by atoms with Crippen molar-refractivity contribution in [1.82, 2.24) is 15.2 Å². The number of anilines is 1. The van der Waals surface area contributed by atoms with Crippen molar-refractivity contribution in [2.75, 3.05) is 5.32 Å². The van der Waals surface area contributed by atoms with E-state index in [4.69, 9.17) is 0 Å². The highest BCUT2D eigenvalue weighted by Gasteiger charge is 2.23. The number of aliphatic hydroxyl groups excluding tert-OH is 1. The molecule has 5 nitrogen and oxygen atoms in total. The van der Waals surface area contributed by atoms with Crippen LogP contribution in [0.25, 0.3) is 20.8 Å². The molecule has 0 saturated heterocycles. The van der Waals surface area contributed by atoms with Gasteiger partial charge in [0.2, 0.25) is 0 Å². The van der Waals surface area contributed by atoms with E-state index in [0.29, 0.717) is 6.04 Å². The summed E-state index contributed by atoms with van der Waals surface area (Å²) in [6.45, 7) is 2.02. The van der Waals surface area contributed by atoms with E-state index in [0.717, 1.165) is 51.4 Å². The lowest BCUT2D eigenvalue weighted by Gasteiger charge is -2.14. The van der Waals surface area contributed by atoms with Crippen LogP contribution in [-0.2, 0) is 0 Å². The lowest BCUT2D eigenvalue weighted by Crippen LogP contribution is -2.16. The molecule has 4 rings (SSSR count). The third kappa shape index (κ3) is 2.48. The molecule has 3 aromatic rings. The van der Waals surface area contributed by atoms with Crippen molar-refractivity contribution in [3.63, 3.8) is 0 Å². The van der Waals surface area contributed by atoms with Crippen molar-refractivity contribution in [2.45, 2.75) is 38.3 Å². The number of aromatic amines is 1. The van der Waals surface area contributed by atoms with E-state index in [2.05, 4.69) is 32.6 Å². The maximum atomic E-state index is 9.71. The van der Waals surface area contributed by atoms with Crippen LogP contribution >= 0.6 is 11.3 Å². The quantitative estimate of drug-likeness (QED) is 0.693. The number of fused-ring (bicyclic) bond motifs is 1. The zero-order valence-electron chi connectivity index (χ0n) is 12.3. The van der Waals surface area contributed by atoms with Gasteiger partial charge in [-0.2, -0.15) is 5.10 Å². The molecule has 0 amide bonds. The molecule has 1 saturated carbocycles. The first-order valence-electron chi connectivity index (χ1n) is 7.54. The summed E-state index contributed by atoms with van der Waals surface area (Å²) >= 11 is 1.72. The molecule has 1 aliphatic rings. The smallest absolute Gasteiger partial charge is 0.0841 e. The molecule has 6 heteroatoms. The minimum absolute atomic E-state index is 0.167. The number of rotatable bonds is 3. The fourth-order valence-electron chi connectivity index (χ4n) is 3.10. The van der Waals surface area contributed by atoms with Gasteiger partial charge < -0.3 is 10.4 Å². The standard InChI is InChI=1S/C16H18N4OS/c1-9-6-13(19-10-2-3-11(21)7-10)16-14(18-9)8-15(22-16)12-4-5-17-20-12/h4-6,8,10-11,21H,2-3,7H2,1H3,(H,17,20)(H,18,19)/t10-,11-/m1/s1. The Morgan fingerprint density at radius 3 is 3.00 bits per heavy atom. The van der Waals surface area contributed by atoms with E-state index in [-0.39, 0.29) is 6.10 Å². The largest absolute Gasteiger partial charge is 0.393 e. The molecule has 0 bridgehead atoms. The van der Waals surface area contributed by atoms with E-state index in [1.165, 1.54) is 0 Å². The van der Waals surface area contributed by atoms with Gasteiger partial charge in [0, 0.05) is 17.9 Å². The fraction of sp³-hybridized carbons (Fsp3) is 0.375. The Morgan fingerprint density at radius 2 is 2.27 bits per heavy atom. The molecule has 0 aromatic carbocycles. The SMILES string of the molecule is Cc1cc(N[C@@H]2CC[C@@H](O)C2)c2sc(-c3ccn[nH]3)cc2n1. The highest BCUT2D eigenvalue weighted by atomic mass is 32.1. The number of nitrogens with one attached hydrogen (secondary N) is 2. The Hall–Kier alpha value is -1.92. The predicted octanol–water partition coefficient (Wildman–Crippen LogP) is 3.32. The van der Waals surface area contributed by atoms with Crippen LogP contribution in [0.1, 0.15) is 25.0 Å². The molecule has 0 spiro atoms. The van der Waals surface area contributed by atoms with Crippen LogP contribution in [0.5, 0.6) is 0 Å². The second-order valence-corrected chi connectivity index (χ2v) is 6.97. The van der Waals surface area contributed by atoms with E-state index in [9.17, 15) is 5.11 Å². The Bertz CT molecular complexity index is 796. The molecule has 22 heavy (non-hydrogen) atoms. The molecule has 3 N–H and O–H groups in total. The van der Waals surface area contributed by atoms with Crippen LogP contribution in [0.15, 0.2) is 24.4 Å². The normalized spacial score (nSPS) is 21.5. The molecule has 3 aromatic heterocycles. The van der Waals surface area contributed by atoms with Crippen molar-refractivity contribution in [3.8, 4) is 10.6 Å². The van der Waals surface area contributed by atoms with Gasteiger partial charge in [-0.3, -0.25) is 10.1 Å². The van der Waals surface area contributed by atoms with Crippen molar-refractivity contribution >= 4 is 27.2 Å². The lowest BCUT2D eigenvalue weighted by atomic mass is 10.2. The summed E-state index contributed by atoms with van der Waals surface area (Å²) < 4.78 is 1.16. The van der Waals surface area contributed by atoms with E-state index in [1.54, 1.807) is 17.5 Å². The third-order valence-electron chi connectivity index (χ3n) is 4.14. The summed E-state index contributed by atoms with van der Waals surface area (Å²) in [6, 6.07) is 6.52. The molecular formula is C16H18N4OS. The highest BCUT2D eigenvalue weighted by Crippen LogP contribution is 2.37. The van der Waals surface area contributed by atoms with Gasteiger partial charge in [0.15, 0.2) is 0 Å². The number of aromatic nitrogens is 3. The highest BCUT2D eigenvalue weighted by molar-refractivity contribution is 7.22. The van der Waals surface area contributed by atoms with Crippen molar-refractivity contribution in [3.05, 3.63) is 30.1 Å². The predicted molar refractivity (Wildman–Crippen MR) is 89.2 cm³/mol. The molecule has 1 aliphatic carbocycles. The average Bonchev–Trinajstić information content (AvgIpc) is 3.18. The maximum absolute atomic E-state index is 9.71. The van der Waals surface area contributed by atoms with Crippen molar-refractivity contribution in [2.24, 2.45) is 0 Å². The van der Waals surface area contributed by atoms with Crippen LogP contribution in [0.3, 0.4) is 0 Å². The third-order valence-corrected chi connectivity index (χ3v) is 5.33. The first-order chi connectivity index (χ1) is 10.7. The number of pyridine rings is 1. The number of nitrogens with zero attached hydrogens (tertiary/aromatic N) is 2. The first kappa shape index (κ1) is 13.7. The van der Waals surface area contributed by atoms with Gasteiger partial charge in [-0.15, -0.1) is 11.3 Å². The van der Waals surface area contributed by atoms with Gasteiger partial charge >= 0.3 is 0 Å². The summed E-state index contributed by atoms with van der Waals surface area (Å²) in [6.07, 6.45) is 4.32. The van der Waals surface area contributed by atoms with Crippen LogP contribution < -0.4 is 5.32 Å². The molecule has 1 fully saturated rings. The fourth-order valence-corrected chi connectivity index (χ4v) is 4.15. The maximum Gasteiger partial charge on any atom is 0.0841 e. The second-order valence-electron chi connectivity index (χ2n) is 5.91. The topological polar surface area (TPSA) is 73.8 Å². The van der Waals surface area contributed by atoms with Crippen molar-refractivity contribution in [1.29, 1.82) is 0 Å². The molecule has 0 radical (unpaired) electrons. The minimum Gasteiger partial charge on any atom is -0.393 e. The Kier molecular flexibility index (Phi) is 3.35. The van der Waals surface area contributed by atoms with Gasteiger partial charge in [0.25, 0.3) is 0 Å². The Morgan fingerprint density at radius 1 is 1.36 bits per heavy atom. The molecule has 2 atom stereocenters. The van der Waals surface area contributed by atoms with Crippen LogP contribution in [-0.4, -0.2) is 32.4 Å². The number of thiophene rings is 1. The van der Waals surface area contributed by atoms with E-state index < -0.39 is 0 Å². The van der Waals surface area contributed by atoms with Crippen molar-refractivity contribution < 1.29 is 5.11 Å². The van der Waals surface area contributed by atoms with Gasteiger partial charge in [-0.05, 0) is 44.4 Å². The molecule has 3 heterocycles. The van der Waals surface area contributed by atoms with Crippen LogP contribution in [0, 0.1) is 6.92 Å². The van der Waals surface area contributed by atoms with Gasteiger partial charge in [-0.1, -0.05) is 0 Å². The average molecular weight is 314 g/mol. The van der Waals surface area contributed by atoms with Gasteiger partial charge in [0.1, 0.15) is 0 Å². The van der Waals surface area contributed by atoms with Gasteiger partial charge in [-0.25, -0.2) is 0 Å². The zero-order valence-corrected chi connectivity index (χ0v) is 13.2. The lowest BCUT2D eigenvalue weighted by molar-refractivity contribution is 0.182. The number of H-pyrrole nitrogens is 1. The monoisotopic (exact) mass is 314 g/mol. The minimum atomic E-state index is -0.167. The second kappa shape index (κ2) is 5.37. The number of aliphatic hydroxyl groups is 1.